The lowest BCUT2D eigenvalue weighted by Gasteiger charge is -2.33. The van der Waals surface area contributed by atoms with Gasteiger partial charge >= 0.3 is 0 Å². The van der Waals surface area contributed by atoms with Crippen molar-refractivity contribution >= 4 is 50.7 Å². The van der Waals surface area contributed by atoms with Crippen LogP contribution in [0.25, 0.3) is 0 Å². The summed E-state index contributed by atoms with van der Waals surface area (Å²) >= 11 is 12.7. The predicted octanol–water partition coefficient (Wildman–Crippen LogP) is 6.06. The third kappa shape index (κ3) is 7.56. The summed E-state index contributed by atoms with van der Waals surface area (Å²) in [6.45, 7) is 1.10. The molecule has 0 saturated heterocycles. The zero-order valence-electron chi connectivity index (χ0n) is 23.6. The molecule has 0 bridgehead atoms. The number of sulfonamides is 1. The highest BCUT2D eigenvalue weighted by Gasteiger charge is 2.34. The quantitative estimate of drug-likeness (QED) is 0.277. The fourth-order valence-electron chi connectivity index (χ4n) is 5.04. The van der Waals surface area contributed by atoms with E-state index in [4.69, 9.17) is 27.9 Å². The Bertz CT molecular complexity index is 1500. The Kier molecular flexibility index (Phi) is 10.8. The maximum absolute atomic E-state index is 14.1. The number of benzene rings is 3. The first-order chi connectivity index (χ1) is 20.1. The van der Waals surface area contributed by atoms with E-state index in [9.17, 15) is 18.0 Å². The molecular formula is C31H35Cl2N3O5S. The van der Waals surface area contributed by atoms with Crippen LogP contribution in [0.1, 0.15) is 44.6 Å². The van der Waals surface area contributed by atoms with E-state index in [0.29, 0.717) is 5.75 Å². The van der Waals surface area contributed by atoms with Gasteiger partial charge in [0, 0.05) is 12.6 Å². The van der Waals surface area contributed by atoms with Crippen molar-refractivity contribution in [3.8, 4) is 5.75 Å². The number of methoxy groups -OCH3 is 1. The van der Waals surface area contributed by atoms with Crippen LogP contribution in [0.3, 0.4) is 0 Å². The van der Waals surface area contributed by atoms with Crippen molar-refractivity contribution in [2.75, 3.05) is 18.0 Å². The molecule has 1 N–H and O–H groups in total. The Balaban J connectivity index is 1.71. The molecule has 0 spiro atoms. The second kappa shape index (κ2) is 14.3. The van der Waals surface area contributed by atoms with E-state index in [1.807, 2.05) is 6.07 Å². The second-order valence-electron chi connectivity index (χ2n) is 10.3. The summed E-state index contributed by atoms with van der Waals surface area (Å²) in [5, 5.41) is 3.23. The van der Waals surface area contributed by atoms with Crippen LogP contribution in [0.5, 0.6) is 5.75 Å². The van der Waals surface area contributed by atoms with Gasteiger partial charge in [-0.2, -0.15) is 0 Å². The van der Waals surface area contributed by atoms with Crippen LogP contribution in [-0.4, -0.2) is 50.9 Å². The van der Waals surface area contributed by atoms with Crippen molar-refractivity contribution < 1.29 is 22.7 Å². The van der Waals surface area contributed by atoms with Gasteiger partial charge in [-0.1, -0.05) is 78.9 Å². The summed E-state index contributed by atoms with van der Waals surface area (Å²) in [7, 11) is -2.71. The zero-order valence-corrected chi connectivity index (χ0v) is 26.0. The Morgan fingerprint density at radius 1 is 0.976 bits per heavy atom. The van der Waals surface area contributed by atoms with Gasteiger partial charge in [0.2, 0.25) is 11.8 Å². The van der Waals surface area contributed by atoms with Gasteiger partial charge in [0.05, 0.1) is 27.7 Å². The van der Waals surface area contributed by atoms with E-state index in [-0.39, 0.29) is 39.1 Å². The molecule has 0 aromatic heterocycles. The number of anilines is 1. The molecule has 1 unspecified atom stereocenters. The molecule has 42 heavy (non-hydrogen) atoms. The van der Waals surface area contributed by atoms with Gasteiger partial charge in [0.15, 0.2) is 0 Å². The number of nitrogens with zero attached hydrogens (tertiary/aromatic N) is 2. The van der Waals surface area contributed by atoms with Gasteiger partial charge in [-0.15, -0.1) is 0 Å². The van der Waals surface area contributed by atoms with Crippen molar-refractivity contribution in [2.24, 2.45) is 0 Å². The fraction of sp³-hybridized carbons (Fsp3) is 0.355. The molecule has 3 aromatic carbocycles. The largest absolute Gasteiger partial charge is 0.497 e. The molecule has 8 nitrogen and oxygen atoms in total. The van der Waals surface area contributed by atoms with E-state index in [2.05, 4.69) is 5.32 Å². The van der Waals surface area contributed by atoms with E-state index < -0.39 is 28.5 Å². The minimum atomic E-state index is -4.25. The summed E-state index contributed by atoms with van der Waals surface area (Å²) in [6, 6.07) is 18.7. The highest BCUT2D eigenvalue weighted by Crippen LogP contribution is 2.35. The smallest absolute Gasteiger partial charge is 0.264 e. The summed E-state index contributed by atoms with van der Waals surface area (Å²) in [4.78, 5) is 28.9. The second-order valence-corrected chi connectivity index (χ2v) is 12.9. The van der Waals surface area contributed by atoms with Crippen molar-refractivity contribution in [1.29, 1.82) is 0 Å². The number of ether oxygens (including phenoxy) is 1. The van der Waals surface area contributed by atoms with Crippen LogP contribution in [-0.2, 0) is 26.2 Å². The van der Waals surface area contributed by atoms with Crippen LogP contribution in [0.2, 0.25) is 10.0 Å². The molecule has 0 aliphatic heterocycles. The lowest BCUT2D eigenvalue weighted by molar-refractivity contribution is -0.139. The average Bonchev–Trinajstić information content (AvgIpc) is 3.00. The molecule has 0 radical (unpaired) electrons. The number of rotatable bonds is 11. The zero-order chi connectivity index (χ0) is 30.3. The maximum atomic E-state index is 14.1. The molecule has 11 heteroatoms. The summed E-state index contributed by atoms with van der Waals surface area (Å²) in [5.74, 6) is -0.283. The van der Waals surface area contributed by atoms with Crippen molar-refractivity contribution in [3.63, 3.8) is 0 Å². The average molecular weight is 633 g/mol. The first kappa shape index (κ1) is 31.7. The van der Waals surface area contributed by atoms with Gasteiger partial charge < -0.3 is 15.0 Å². The summed E-state index contributed by atoms with van der Waals surface area (Å²) in [5.41, 5.74) is 0.778. The lowest BCUT2D eigenvalue weighted by Crippen LogP contribution is -2.53. The molecule has 0 heterocycles. The first-order valence-electron chi connectivity index (χ1n) is 13.9. The maximum Gasteiger partial charge on any atom is 0.264 e. The first-order valence-corrected chi connectivity index (χ1v) is 16.1. The number of hydrogen-bond donors (Lipinski definition) is 1. The van der Waals surface area contributed by atoms with Gasteiger partial charge in [0.1, 0.15) is 18.3 Å². The standard InChI is InChI=1S/C31H35Cl2N3O5S/c1-22(31(38)34-24-12-5-3-6-13-24)35(20-23-11-9-14-25(19-23)41-2)29(37)21-36(28-18-10-17-27(32)30(28)33)42(39,40)26-15-7-4-8-16-26/h4,7-11,14-19,22,24H,3,5-6,12-13,20-21H2,1-2H3,(H,34,38). The van der Waals surface area contributed by atoms with E-state index in [1.54, 1.807) is 56.5 Å². The number of halogens is 2. The Morgan fingerprint density at radius 3 is 2.36 bits per heavy atom. The molecule has 4 rings (SSSR count). The topological polar surface area (TPSA) is 96.0 Å². The highest BCUT2D eigenvalue weighted by atomic mass is 35.5. The van der Waals surface area contributed by atoms with E-state index >= 15 is 0 Å². The molecule has 1 saturated carbocycles. The minimum Gasteiger partial charge on any atom is -0.497 e. The lowest BCUT2D eigenvalue weighted by atomic mass is 9.95. The summed E-state index contributed by atoms with van der Waals surface area (Å²) in [6.07, 6.45) is 4.99. The Morgan fingerprint density at radius 2 is 1.67 bits per heavy atom. The van der Waals surface area contributed by atoms with Gasteiger partial charge in [-0.25, -0.2) is 8.42 Å². The number of carbonyl (C=O) groups is 2. The van der Waals surface area contributed by atoms with Crippen LogP contribution < -0.4 is 14.4 Å². The van der Waals surface area contributed by atoms with E-state index in [0.717, 1.165) is 42.0 Å². The Labute approximate surface area is 257 Å². The molecule has 3 aromatic rings. The molecule has 224 valence electrons. The molecule has 1 fully saturated rings. The SMILES string of the molecule is COc1cccc(CN(C(=O)CN(c2cccc(Cl)c2Cl)S(=O)(=O)c2ccccc2)C(C)C(=O)NC2CCCCC2)c1. The number of hydrogen-bond acceptors (Lipinski definition) is 5. The third-order valence-electron chi connectivity index (χ3n) is 7.42. The molecule has 1 atom stereocenters. The van der Waals surface area contributed by atoms with Crippen LogP contribution in [0, 0.1) is 0 Å². The number of carbonyl (C=O) groups excluding carboxylic acids is 2. The van der Waals surface area contributed by atoms with Crippen molar-refractivity contribution in [1.82, 2.24) is 10.2 Å². The van der Waals surface area contributed by atoms with Gasteiger partial charge in [0.25, 0.3) is 10.0 Å². The normalized spacial score (nSPS) is 14.6. The minimum absolute atomic E-state index is 0.00564. The highest BCUT2D eigenvalue weighted by molar-refractivity contribution is 7.92. The molecular weight excluding hydrogens is 597 g/mol. The third-order valence-corrected chi connectivity index (χ3v) is 10.00. The van der Waals surface area contributed by atoms with E-state index in [1.165, 1.54) is 29.2 Å². The van der Waals surface area contributed by atoms with Gasteiger partial charge in [-0.3, -0.25) is 13.9 Å². The molecule has 2 amide bonds. The van der Waals surface area contributed by atoms with Crippen molar-refractivity contribution in [2.45, 2.75) is 62.6 Å². The van der Waals surface area contributed by atoms with Gasteiger partial charge in [-0.05, 0) is 61.7 Å². The molecule has 1 aliphatic carbocycles. The Hall–Kier alpha value is -3.27. The monoisotopic (exact) mass is 631 g/mol. The van der Waals surface area contributed by atoms with Crippen LogP contribution in [0.15, 0.2) is 77.7 Å². The fourth-order valence-corrected chi connectivity index (χ4v) is 6.93. The molecule has 1 aliphatic rings. The number of amides is 2. The van der Waals surface area contributed by atoms with Crippen LogP contribution in [0.4, 0.5) is 5.69 Å². The number of nitrogens with one attached hydrogen (secondary N) is 1. The van der Waals surface area contributed by atoms with Crippen molar-refractivity contribution in [3.05, 3.63) is 88.4 Å². The summed E-state index contributed by atoms with van der Waals surface area (Å²) < 4.78 is 34.1. The predicted molar refractivity (Wildman–Crippen MR) is 165 cm³/mol. The van der Waals surface area contributed by atoms with Crippen LogP contribution >= 0.6 is 23.2 Å².